The summed E-state index contributed by atoms with van der Waals surface area (Å²) in [4.78, 5) is 17.3. The Kier molecular flexibility index (Phi) is 7.75. The fourth-order valence-corrected chi connectivity index (χ4v) is 6.48. The lowest BCUT2D eigenvalue weighted by molar-refractivity contribution is -0.0163. The van der Waals surface area contributed by atoms with Crippen LogP contribution in [0.1, 0.15) is 56.4 Å². The second-order valence-electron chi connectivity index (χ2n) is 10.6. The molecule has 4 aromatic rings. The third kappa shape index (κ3) is 5.51. The number of fused-ring (bicyclic) bond motifs is 2. The van der Waals surface area contributed by atoms with Crippen LogP contribution in [0.15, 0.2) is 50.9 Å². The van der Waals surface area contributed by atoms with Crippen molar-refractivity contribution < 1.29 is 22.3 Å². The molecule has 218 valence electrons. The zero-order valence-corrected chi connectivity index (χ0v) is 25.2. The lowest BCUT2D eigenvalue weighted by atomic mass is 9.74. The predicted molar refractivity (Wildman–Crippen MR) is 156 cm³/mol. The van der Waals surface area contributed by atoms with Gasteiger partial charge in [0.2, 0.25) is 5.03 Å². The topological polar surface area (TPSA) is 140 Å². The van der Waals surface area contributed by atoms with Crippen molar-refractivity contribution in [2.24, 2.45) is 11.1 Å². The maximum Gasteiger partial charge on any atom is 0.259 e. The average molecular weight is 601 g/mol. The maximum absolute atomic E-state index is 13.5. The monoisotopic (exact) mass is 600 g/mol. The first kappa shape index (κ1) is 29.2. The number of aryl methyl sites for hydroxylation is 1. The van der Waals surface area contributed by atoms with E-state index in [2.05, 4.69) is 10.1 Å². The summed E-state index contributed by atoms with van der Waals surface area (Å²) >= 11 is 5.89. The number of sulfonamides is 1. The van der Waals surface area contributed by atoms with Crippen molar-refractivity contribution in [1.29, 1.82) is 0 Å². The van der Waals surface area contributed by atoms with E-state index in [4.69, 9.17) is 30.6 Å². The molecule has 12 heteroatoms. The SMILES string of the molecule is CC.Cc1cc(C(C)Oc2ccc(Cl)nc2S(N)(=O)=O)c2oc(-c3cnn(CC45CC(CO4)C5)c3)c(C)c(=O)c2c1. The van der Waals surface area contributed by atoms with Crippen molar-refractivity contribution in [3.63, 3.8) is 0 Å². The van der Waals surface area contributed by atoms with Crippen LogP contribution in [0.3, 0.4) is 0 Å². The highest BCUT2D eigenvalue weighted by atomic mass is 35.5. The molecule has 2 aliphatic heterocycles. The van der Waals surface area contributed by atoms with Crippen LogP contribution in [0.25, 0.3) is 22.3 Å². The smallest absolute Gasteiger partial charge is 0.259 e. The van der Waals surface area contributed by atoms with Crippen LogP contribution in [-0.4, -0.2) is 35.4 Å². The Bertz CT molecular complexity index is 1790. The first-order valence-corrected chi connectivity index (χ1v) is 15.5. The molecule has 1 aromatic carbocycles. The number of aromatic nitrogens is 3. The average Bonchev–Trinajstić information content (AvgIpc) is 3.64. The van der Waals surface area contributed by atoms with E-state index in [1.165, 1.54) is 12.1 Å². The summed E-state index contributed by atoms with van der Waals surface area (Å²) in [5.41, 5.74) is 2.54. The molecule has 0 amide bonds. The van der Waals surface area contributed by atoms with Crippen LogP contribution in [0.2, 0.25) is 5.15 Å². The zero-order chi connectivity index (χ0) is 29.7. The molecule has 1 atom stereocenters. The first-order chi connectivity index (χ1) is 19.4. The van der Waals surface area contributed by atoms with Gasteiger partial charge in [0.05, 0.1) is 35.9 Å². The van der Waals surface area contributed by atoms with Gasteiger partial charge in [-0.3, -0.25) is 9.48 Å². The second kappa shape index (κ2) is 10.9. The number of hydrogen-bond acceptors (Lipinski definition) is 8. The van der Waals surface area contributed by atoms with Crippen LogP contribution >= 0.6 is 11.6 Å². The highest BCUT2D eigenvalue weighted by Gasteiger charge is 2.52. The van der Waals surface area contributed by atoms with Gasteiger partial charge in [-0.2, -0.15) is 5.10 Å². The fourth-order valence-electron chi connectivity index (χ4n) is 5.66. The van der Waals surface area contributed by atoms with Crippen molar-refractivity contribution in [3.05, 3.63) is 68.7 Å². The third-order valence-corrected chi connectivity index (χ3v) is 8.53. The van der Waals surface area contributed by atoms with Gasteiger partial charge >= 0.3 is 0 Å². The maximum atomic E-state index is 13.5. The Morgan fingerprint density at radius 3 is 2.63 bits per heavy atom. The van der Waals surface area contributed by atoms with Gasteiger partial charge in [0.1, 0.15) is 22.6 Å². The fraction of sp³-hybridized carbons (Fsp3) is 0.414. The van der Waals surface area contributed by atoms with Gasteiger partial charge in [0, 0.05) is 17.3 Å². The molecule has 0 spiro atoms. The minimum atomic E-state index is -4.21. The Hall–Kier alpha value is -3.25. The number of hydrogen-bond donors (Lipinski definition) is 1. The van der Waals surface area contributed by atoms with E-state index in [9.17, 15) is 13.2 Å². The number of pyridine rings is 1. The summed E-state index contributed by atoms with van der Waals surface area (Å²) < 4.78 is 44.4. The molecule has 2 bridgehead atoms. The standard InChI is InChI=1S/C27H27ClN4O6S.C2H6/c1-14-6-19(16(3)37-21-4-5-22(28)31-26(21)39(29,34)35)25-20(7-14)23(33)15(2)24(38-25)18-10-30-32(11-18)13-27-8-17(9-27)12-36-27;1-2/h4-7,10-11,16-17H,8-9,12-13H2,1-3H3,(H2,29,34,35);1-2H3. The Morgan fingerprint density at radius 1 is 1.24 bits per heavy atom. The van der Waals surface area contributed by atoms with Crippen LogP contribution < -0.4 is 15.3 Å². The zero-order valence-electron chi connectivity index (χ0n) is 23.6. The lowest BCUT2D eigenvalue weighted by Gasteiger charge is -2.35. The van der Waals surface area contributed by atoms with Gasteiger partial charge in [0.15, 0.2) is 11.2 Å². The van der Waals surface area contributed by atoms with Gasteiger partial charge in [-0.1, -0.05) is 25.4 Å². The van der Waals surface area contributed by atoms with Gasteiger partial charge in [0.25, 0.3) is 10.0 Å². The largest absolute Gasteiger partial charge is 0.483 e. The highest BCUT2D eigenvalue weighted by molar-refractivity contribution is 7.89. The molecule has 41 heavy (non-hydrogen) atoms. The van der Waals surface area contributed by atoms with Crippen LogP contribution in [-0.2, 0) is 21.3 Å². The quantitative estimate of drug-likeness (QED) is 0.281. The van der Waals surface area contributed by atoms with E-state index < -0.39 is 21.2 Å². The Labute approximate surface area is 243 Å². The molecule has 1 unspecified atom stereocenters. The summed E-state index contributed by atoms with van der Waals surface area (Å²) in [6.45, 7) is 10.8. The molecular weight excluding hydrogens is 568 g/mol. The molecule has 3 aromatic heterocycles. The number of benzene rings is 1. The van der Waals surface area contributed by atoms with Crippen LogP contribution in [0.5, 0.6) is 5.75 Å². The van der Waals surface area contributed by atoms with Gasteiger partial charge < -0.3 is 13.9 Å². The Morgan fingerprint density at radius 2 is 1.98 bits per heavy atom. The van der Waals surface area contributed by atoms with Crippen molar-refractivity contribution in [2.45, 2.75) is 70.7 Å². The Balaban J connectivity index is 0.00000165. The molecule has 2 N–H and O–H groups in total. The molecule has 10 nitrogen and oxygen atoms in total. The number of primary sulfonamides is 1. The molecule has 1 saturated carbocycles. The normalized spacial score (nSPS) is 20.3. The van der Waals surface area contributed by atoms with Crippen LogP contribution in [0, 0.1) is 19.8 Å². The summed E-state index contributed by atoms with van der Waals surface area (Å²) in [6, 6.07) is 6.40. The van der Waals surface area contributed by atoms with Gasteiger partial charge in [-0.25, -0.2) is 18.5 Å². The van der Waals surface area contributed by atoms with E-state index in [1.54, 1.807) is 26.1 Å². The number of rotatable bonds is 7. The lowest BCUT2D eigenvalue weighted by Crippen LogP contribution is -2.40. The molecule has 3 aliphatic rings. The molecular formula is C29H33ClN4O6S. The van der Waals surface area contributed by atoms with E-state index in [-0.39, 0.29) is 21.9 Å². The van der Waals surface area contributed by atoms with Gasteiger partial charge in [-0.15, -0.1) is 0 Å². The molecule has 2 saturated heterocycles. The summed E-state index contributed by atoms with van der Waals surface area (Å²) in [5, 5.41) is 9.72. The number of nitrogens with zero attached hydrogens (tertiary/aromatic N) is 3. The second-order valence-corrected chi connectivity index (χ2v) is 12.4. The van der Waals surface area contributed by atoms with Crippen molar-refractivity contribution >= 4 is 32.6 Å². The molecule has 0 radical (unpaired) electrons. The third-order valence-electron chi connectivity index (χ3n) is 7.49. The first-order valence-electron chi connectivity index (χ1n) is 13.5. The van der Waals surface area contributed by atoms with E-state index in [0.29, 0.717) is 45.9 Å². The minimum Gasteiger partial charge on any atom is -0.483 e. The van der Waals surface area contributed by atoms with E-state index in [1.807, 2.05) is 37.7 Å². The van der Waals surface area contributed by atoms with E-state index in [0.717, 1.165) is 25.0 Å². The minimum absolute atomic E-state index is 0.0390. The molecule has 3 fully saturated rings. The summed E-state index contributed by atoms with van der Waals surface area (Å²) in [5.74, 6) is 0.995. The van der Waals surface area contributed by atoms with Crippen molar-refractivity contribution in [2.75, 3.05) is 6.61 Å². The highest BCUT2D eigenvalue weighted by Crippen LogP contribution is 2.49. The van der Waals surface area contributed by atoms with E-state index >= 15 is 0 Å². The van der Waals surface area contributed by atoms with Crippen molar-refractivity contribution in [1.82, 2.24) is 14.8 Å². The summed E-state index contributed by atoms with van der Waals surface area (Å²) in [6.07, 6.45) is 4.91. The molecule has 5 heterocycles. The molecule has 1 aliphatic carbocycles. The number of ether oxygens (including phenoxy) is 2. The predicted octanol–water partition coefficient (Wildman–Crippen LogP) is 5.31. The van der Waals surface area contributed by atoms with Crippen LogP contribution in [0.4, 0.5) is 0 Å². The number of halogens is 1. The molecule has 7 rings (SSSR count). The van der Waals surface area contributed by atoms with Crippen molar-refractivity contribution in [3.8, 4) is 17.1 Å². The van der Waals surface area contributed by atoms with Gasteiger partial charge in [-0.05, 0) is 69.4 Å². The summed E-state index contributed by atoms with van der Waals surface area (Å²) in [7, 11) is -4.21. The number of nitrogens with two attached hydrogens (primary N) is 1.